The lowest BCUT2D eigenvalue weighted by atomic mass is 10.2. The quantitative estimate of drug-likeness (QED) is 0.832. The predicted molar refractivity (Wildman–Crippen MR) is 74.2 cm³/mol. The largest absolute Gasteiger partial charge is 0.319 e. The highest BCUT2D eigenvalue weighted by Gasteiger charge is 2.55. The van der Waals surface area contributed by atoms with E-state index in [-0.39, 0.29) is 23.4 Å². The van der Waals surface area contributed by atoms with Crippen LogP contribution < -0.4 is 0 Å². The first kappa shape index (κ1) is 14.5. The Kier molecular flexibility index (Phi) is 3.11. The van der Waals surface area contributed by atoms with E-state index in [1.54, 1.807) is 18.7 Å². The smallest absolute Gasteiger partial charge is 0.248 e. The van der Waals surface area contributed by atoms with Crippen LogP contribution in [0.3, 0.4) is 0 Å². The van der Waals surface area contributed by atoms with Gasteiger partial charge in [-0.25, -0.2) is 12.8 Å². The van der Waals surface area contributed by atoms with Crippen molar-refractivity contribution in [3.05, 3.63) is 30.1 Å². The molecule has 1 aromatic rings. The van der Waals surface area contributed by atoms with E-state index >= 15 is 0 Å². The lowest BCUT2D eigenvalue weighted by Crippen LogP contribution is -2.52. The Morgan fingerprint density at radius 2 is 1.95 bits per heavy atom. The molecule has 1 amide bonds. The van der Waals surface area contributed by atoms with Crippen LogP contribution in [0.25, 0.3) is 0 Å². The summed E-state index contributed by atoms with van der Waals surface area (Å²) in [6, 6.07) is 5.21. The van der Waals surface area contributed by atoms with E-state index in [1.165, 1.54) is 22.5 Å². The molecule has 1 atom stereocenters. The first-order chi connectivity index (χ1) is 9.76. The molecule has 1 unspecified atom stereocenters. The van der Waals surface area contributed by atoms with Gasteiger partial charge >= 0.3 is 0 Å². The third-order valence-electron chi connectivity index (χ3n) is 4.31. The summed E-state index contributed by atoms with van der Waals surface area (Å²) in [5, 5.41) is 0. The molecular weight excluding hydrogens is 295 g/mol. The van der Waals surface area contributed by atoms with Crippen LogP contribution in [0.5, 0.6) is 0 Å². The van der Waals surface area contributed by atoms with Crippen molar-refractivity contribution in [2.24, 2.45) is 0 Å². The topological polar surface area (TPSA) is 57.7 Å². The molecule has 2 aliphatic heterocycles. The number of halogens is 1. The van der Waals surface area contributed by atoms with Crippen LogP contribution in [0.2, 0.25) is 0 Å². The number of fused-ring (bicyclic) bond motifs is 1. The van der Waals surface area contributed by atoms with E-state index < -0.39 is 21.5 Å². The van der Waals surface area contributed by atoms with Crippen LogP contribution in [0.1, 0.15) is 26.7 Å². The van der Waals surface area contributed by atoms with Crippen LogP contribution in [-0.4, -0.2) is 41.8 Å². The maximum atomic E-state index is 13.9. The number of nitrogens with zero attached hydrogens (tertiary/aromatic N) is 2. The molecule has 1 aromatic carbocycles. The Hall–Kier alpha value is -1.47. The van der Waals surface area contributed by atoms with Crippen LogP contribution in [-0.2, 0) is 14.8 Å². The summed E-state index contributed by atoms with van der Waals surface area (Å²) in [5.41, 5.74) is -0.973. The van der Waals surface area contributed by atoms with Gasteiger partial charge in [0.1, 0.15) is 16.4 Å². The minimum absolute atomic E-state index is 0.0452. The zero-order chi connectivity index (χ0) is 15.4. The second-order valence-corrected chi connectivity index (χ2v) is 7.75. The number of hydrogen-bond donors (Lipinski definition) is 0. The molecule has 5 nitrogen and oxygen atoms in total. The van der Waals surface area contributed by atoms with Crippen molar-refractivity contribution in [3.63, 3.8) is 0 Å². The van der Waals surface area contributed by atoms with Crippen LogP contribution in [0.4, 0.5) is 4.39 Å². The summed E-state index contributed by atoms with van der Waals surface area (Å²) in [6.07, 6.45) is 1.09. The highest BCUT2D eigenvalue weighted by Crippen LogP contribution is 2.40. The summed E-state index contributed by atoms with van der Waals surface area (Å²) in [7, 11) is -3.98. The number of sulfonamides is 1. The second kappa shape index (κ2) is 4.51. The fourth-order valence-electron chi connectivity index (χ4n) is 3.37. The minimum atomic E-state index is -3.98. The summed E-state index contributed by atoms with van der Waals surface area (Å²) >= 11 is 0. The van der Waals surface area contributed by atoms with Gasteiger partial charge < -0.3 is 4.90 Å². The summed E-state index contributed by atoms with van der Waals surface area (Å²) < 4.78 is 40.6. The average Bonchev–Trinajstić information content (AvgIpc) is 2.89. The maximum Gasteiger partial charge on any atom is 0.248 e. The highest BCUT2D eigenvalue weighted by atomic mass is 32.2. The van der Waals surface area contributed by atoms with Gasteiger partial charge in [-0.15, -0.1) is 0 Å². The van der Waals surface area contributed by atoms with Crippen molar-refractivity contribution in [1.82, 2.24) is 9.21 Å². The summed E-state index contributed by atoms with van der Waals surface area (Å²) in [5.74, 6) is -0.817. The Morgan fingerprint density at radius 3 is 2.57 bits per heavy atom. The second-order valence-electron chi connectivity index (χ2n) is 5.92. The van der Waals surface area contributed by atoms with E-state index in [0.29, 0.717) is 12.8 Å². The number of rotatable bonds is 2. The summed E-state index contributed by atoms with van der Waals surface area (Å²) in [6.45, 7) is 3.60. The maximum absolute atomic E-state index is 13.9. The van der Waals surface area contributed by atoms with E-state index in [2.05, 4.69) is 0 Å². The van der Waals surface area contributed by atoms with Crippen molar-refractivity contribution >= 4 is 15.9 Å². The van der Waals surface area contributed by atoms with Gasteiger partial charge in [-0.3, -0.25) is 4.79 Å². The van der Waals surface area contributed by atoms with Gasteiger partial charge in [0.25, 0.3) is 0 Å². The van der Waals surface area contributed by atoms with Crippen LogP contribution in [0, 0.1) is 5.82 Å². The van der Waals surface area contributed by atoms with Gasteiger partial charge in [0.15, 0.2) is 0 Å². The lowest BCUT2D eigenvalue weighted by Gasteiger charge is -2.36. The lowest BCUT2D eigenvalue weighted by molar-refractivity contribution is -0.133. The van der Waals surface area contributed by atoms with Crippen LogP contribution in [0.15, 0.2) is 29.2 Å². The van der Waals surface area contributed by atoms with E-state index in [0.717, 1.165) is 6.07 Å². The number of carbonyl (C=O) groups is 1. The third-order valence-corrected chi connectivity index (χ3v) is 6.37. The molecular formula is C14H17FN2O3S. The number of benzene rings is 1. The van der Waals surface area contributed by atoms with Crippen molar-refractivity contribution < 1.29 is 17.6 Å². The number of amides is 1. The van der Waals surface area contributed by atoms with Gasteiger partial charge in [-0.1, -0.05) is 12.1 Å². The van der Waals surface area contributed by atoms with Gasteiger partial charge in [0.2, 0.25) is 15.9 Å². The third kappa shape index (κ3) is 1.98. The molecule has 0 bridgehead atoms. The standard InChI is InChI=1S/C14H17FN2O3S/c1-14(2)16(9-10-7-8-13(18)17(10)14)21(19,20)12-6-4-3-5-11(12)15/h3-6,10H,7-9H2,1-2H3. The van der Waals surface area contributed by atoms with E-state index in [1.807, 2.05) is 0 Å². The molecule has 0 aliphatic carbocycles. The van der Waals surface area contributed by atoms with Gasteiger partial charge in [0.05, 0.1) is 0 Å². The molecule has 114 valence electrons. The molecule has 0 spiro atoms. The molecule has 2 fully saturated rings. The zero-order valence-corrected chi connectivity index (χ0v) is 12.7. The number of hydrogen-bond acceptors (Lipinski definition) is 3. The normalized spacial score (nSPS) is 25.4. The summed E-state index contributed by atoms with van der Waals surface area (Å²) in [4.78, 5) is 13.3. The molecule has 2 saturated heterocycles. The molecule has 0 N–H and O–H groups in total. The molecule has 2 aliphatic rings. The first-order valence-electron chi connectivity index (χ1n) is 6.86. The minimum Gasteiger partial charge on any atom is -0.319 e. The van der Waals surface area contributed by atoms with Gasteiger partial charge in [-0.2, -0.15) is 4.31 Å². The number of carbonyl (C=O) groups excluding carboxylic acids is 1. The monoisotopic (exact) mass is 312 g/mol. The Morgan fingerprint density at radius 1 is 1.29 bits per heavy atom. The average molecular weight is 312 g/mol. The molecule has 21 heavy (non-hydrogen) atoms. The van der Waals surface area contributed by atoms with Crippen molar-refractivity contribution in [1.29, 1.82) is 0 Å². The first-order valence-corrected chi connectivity index (χ1v) is 8.30. The molecule has 0 saturated carbocycles. The van der Waals surface area contributed by atoms with Gasteiger partial charge in [0, 0.05) is 19.0 Å². The highest BCUT2D eigenvalue weighted by molar-refractivity contribution is 7.89. The predicted octanol–water partition coefficient (Wildman–Crippen LogP) is 1.56. The Bertz CT molecular complexity index is 702. The van der Waals surface area contributed by atoms with E-state index in [4.69, 9.17) is 0 Å². The van der Waals surface area contributed by atoms with Crippen molar-refractivity contribution in [2.45, 2.75) is 43.3 Å². The SMILES string of the molecule is CC1(C)N2C(=O)CCC2CN1S(=O)(=O)c1ccccc1F. The van der Waals surface area contributed by atoms with Crippen molar-refractivity contribution in [3.8, 4) is 0 Å². The Balaban J connectivity index is 2.05. The molecule has 0 radical (unpaired) electrons. The van der Waals surface area contributed by atoms with Crippen LogP contribution >= 0.6 is 0 Å². The Labute approximate surface area is 123 Å². The van der Waals surface area contributed by atoms with E-state index in [9.17, 15) is 17.6 Å². The molecule has 2 heterocycles. The molecule has 0 aromatic heterocycles. The van der Waals surface area contributed by atoms with Gasteiger partial charge in [-0.05, 0) is 32.4 Å². The fourth-order valence-corrected chi connectivity index (χ4v) is 5.21. The molecule has 7 heteroatoms. The van der Waals surface area contributed by atoms with Crippen molar-refractivity contribution in [2.75, 3.05) is 6.54 Å². The fraction of sp³-hybridized carbons (Fsp3) is 0.500. The molecule has 3 rings (SSSR count). The zero-order valence-electron chi connectivity index (χ0n) is 11.9.